The molecule has 0 bridgehead atoms. The standard InChI is InChI=1S/C19H16BrNO4S2/c1-2-3-14(18(23)24)21-17(22)16(27-19(21)26)10-13-8-9-15(25-13)11-4-6-12(20)7-5-11/h4-10,14H,2-3H2,1H3,(H,23,24)/b16-10+/t14-/m0/s1. The van der Waals surface area contributed by atoms with E-state index in [0.29, 0.717) is 29.3 Å². The molecule has 1 aliphatic rings. The molecule has 1 aliphatic heterocycles. The van der Waals surface area contributed by atoms with Crippen molar-refractivity contribution in [2.75, 3.05) is 0 Å². The van der Waals surface area contributed by atoms with Crippen molar-refractivity contribution >= 4 is 62.2 Å². The van der Waals surface area contributed by atoms with E-state index in [9.17, 15) is 14.7 Å². The lowest BCUT2D eigenvalue weighted by atomic mass is 10.1. The van der Waals surface area contributed by atoms with Gasteiger partial charge in [-0.05, 0) is 30.7 Å². The largest absolute Gasteiger partial charge is 0.480 e. The number of benzene rings is 1. The van der Waals surface area contributed by atoms with Crippen molar-refractivity contribution in [3.8, 4) is 11.3 Å². The number of carbonyl (C=O) groups is 2. The SMILES string of the molecule is CCC[C@@H](C(=O)O)N1C(=O)/C(=C\c2ccc(-c3ccc(Br)cc3)o2)SC1=S. The molecule has 0 saturated carbocycles. The van der Waals surface area contributed by atoms with E-state index in [1.165, 1.54) is 4.90 Å². The molecule has 0 unspecified atom stereocenters. The summed E-state index contributed by atoms with van der Waals surface area (Å²) in [6, 6.07) is 10.3. The Labute approximate surface area is 174 Å². The predicted molar refractivity (Wildman–Crippen MR) is 113 cm³/mol. The van der Waals surface area contributed by atoms with E-state index in [-0.39, 0.29) is 4.32 Å². The van der Waals surface area contributed by atoms with Gasteiger partial charge in [-0.25, -0.2) is 4.79 Å². The molecule has 1 aromatic heterocycles. The van der Waals surface area contributed by atoms with Crippen molar-refractivity contribution in [3.05, 3.63) is 51.5 Å². The fraction of sp³-hybridized carbons (Fsp3) is 0.211. The molecule has 2 aromatic rings. The number of thiocarbonyl (C=S) groups is 1. The highest BCUT2D eigenvalue weighted by Gasteiger charge is 2.40. The zero-order valence-electron chi connectivity index (χ0n) is 14.3. The Morgan fingerprint density at radius 1 is 1.33 bits per heavy atom. The second-order valence-electron chi connectivity index (χ2n) is 5.90. The molecule has 140 valence electrons. The van der Waals surface area contributed by atoms with Gasteiger partial charge >= 0.3 is 5.97 Å². The second kappa shape index (κ2) is 8.41. The number of furan rings is 1. The lowest BCUT2D eigenvalue weighted by Crippen LogP contribution is -2.43. The topological polar surface area (TPSA) is 70.8 Å². The third kappa shape index (κ3) is 4.34. The molecule has 1 amide bonds. The number of halogens is 1. The summed E-state index contributed by atoms with van der Waals surface area (Å²) in [6.45, 7) is 1.87. The molecular formula is C19H16BrNO4S2. The van der Waals surface area contributed by atoms with E-state index in [0.717, 1.165) is 21.8 Å². The molecule has 5 nitrogen and oxygen atoms in total. The minimum atomic E-state index is -1.05. The normalized spacial score (nSPS) is 17.0. The van der Waals surface area contributed by atoms with Crippen molar-refractivity contribution < 1.29 is 19.1 Å². The van der Waals surface area contributed by atoms with Crippen molar-refractivity contribution in [3.63, 3.8) is 0 Å². The van der Waals surface area contributed by atoms with Crippen LogP contribution in [0, 0.1) is 0 Å². The number of nitrogens with zero attached hydrogens (tertiary/aromatic N) is 1. The van der Waals surface area contributed by atoms with Gasteiger partial charge in [-0.3, -0.25) is 9.69 Å². The lowest BCUT2D eigenvalue weighted by molar-refractivity contribution is -0.145. The van der Waals surface area contributed by atoms with E-state index in [1.54, 1.807) is 12.1 Å². The number of aliphatic carboxylic acids is 1. The molecule has 3 rings (SSSR count). The van der Waals surface area contributed by atoms with Crippen molar-refractivity contribution in [2.45, 2.75) is 25.8 Å². The third-order valence-electron chi connectivity index (χ3n) is 4.01. The Hall–Kier alpha value is -1.90. The van der Waals surface area contributed by atoms with E-state index in [4.69, 9.17) is 16.6 Å². The number of thioether (sulfide) groups is 1. The van der Waals surface area contributed by atoms with Gasteiger partial charge in [0.15, 0.2) is 0 Å². The highest BCUT2D eigenvalue weighted by Crippen LogP contribution is 2.35. The number of carboxylic acid groups (broad SMARTS) is 1. The molecule has 8 heteroatoms. The van der Waals surface area contributed by atoms with Crippen molar-refractivity contribution in [1.82, 2.24) is 4.90 Å². The van der Waals surface area contributed by atoms with Gasteiger partial charge in [0.05, 0.1) is 4.91 Å². The van der Waals surface area contributed by atoms with Gasteiger partial charge in [0.25, 0.3) is 5.91 Å². The average Bonchev–Trinajstić information content (AvgIpc) is 3.19. The van der Waals surface area contributed by atoms with Gasteiger partial charge in [0.2, 0.25) is 0 Å². The number of carboxylic acids is 1. The summed E-state index contributed by atoms with van der Waals surface area (Å²) in [5, 5.41) is 9.42. The number of amides is 1. The Bertz CT molecular complexity index is 920. The molecular weight excluding hydrogens is 450 g/mol. The van der Waals surface area contributed by atoms with Crippen LogP contribution in [0.4, 0.5) is 0 Å². The van der Waals surface area contributed by atoms with Crippen LogP contribution in [-0.2, 0) is 9.59 Å². The zero-order chi connectivity index (χ0) is 19.6. The van der Waals surface area contributed by atoms with E-state index in [2.05, 4.69) is 15.9 Å². The summed E-state index contributed by atoms with van der Waals surface area (Å²) in [7, 11) is 0. The monoisotopic (exact) mass is 465 g/mol. The highest BCUT2D eigenvalue weighted by molar-refractivity contribution is 9.10. The Morgan fingerprint density at radius 2 is 2.04 bits per heavy atom. The maximum atomic E-state index is 12.7. The van der Waals surface area contributed by atoms with Gasteiger partial charge in [0, 0.05) is 16.1 Å². The van der Waals surface area contributed by atoms with Crippen LogP contribution in [0.2, 0.25) is 0 Å². The first-order valence-corrected chi connectivity index (χ1v) is 10.3. The van der Waals surface area contributed by atoms with E-state index < -0.39 is 17.9 Å². The molecule has 27 heavy (non-hydrogen) atoms. The average molecular weight is 466 g/mol. The zero-order valence-corrected chi connectivity index (χ0v) is 17.6. The minimum Gasteiger partial charge on any atom is -0.480 e. The van der Waals surface area contributed by atoms with E-state index >= 15 is 0 Å². The minimum absolute atomic E-state index is 0.256. The fourth-order valence-electron chi connectivity index (χ4n) is 2.71. The van der Waals surface area contributed by atoms with E-state index in [1.807, 2.05) is 37.3 Å². The summed E-state index contributed by atoms with van der Waals surface area (Å²) < 4.78 is 7.04. The van der Waals surface area contributed by atoms with Crippen LogP contribution in [0.1, 0.15) is 25.5 Å². The highest BCUT2D eigenvalue weighted by atomic mass is 79.9. The Morgan fingerprint density at radius 3 is 2.67 bits per heavy atom. The van der Waals surface area contributed by atoms with Crippen LogP contribution in [0.3, 0.4) is 0 Å². The molecule has 1 saturated heterocycles. The maximum absolute atomic E-state index is 12.7. The molecule has 1 fully saturated rings. The first-order chi connectivity index (χ1) is 12.9. The molecule has 1 N–H and O–H groups in total. The number of rotatable bonds is 6. The van der Waals surface area contributed by atoms with Gasteiger partial charge in [-0.1, -0.05) is 65.4 Å². The van der Waals surface area contributed by atoms with Crippen LogP contribution < -0.4 is 0 Å². The van der Waals surface area contributed by atoms with Crippen LogP contribution >= 0.6 is 39.9 Å². The Balaban J connectivity index is 1.84. The lowest BCUT2D eigenvalue weighted by Gasteiger charge is -2.22. The molecule has 0 spiro atoms. The maximum Gasteiger partial charge on any atom is 0.326 e. The number of hydrogen-bond donors (Lipinski definition) is 1. The summed E-state index contributed by atoms with van der Waals surface area (Å²) in [6.07, 6.45) is 2.60. The first-order valence-electron chi connectivity index (χ1n) is 8.26. The van der Waals surface area contributed by atoms with Gasteiger partial charge in [0.1, 0.15) is 21.9 Å². The van der Waals surface area contributed by atoms with Crippen LogP contribution in [0.25, 0.3) is 17.4 Å². The van der Waals surface area contributed by atoms with Gasteiger partial charge < -0.3 is 9.52 Å². The van der Waals surface area contributed by atoms with Crippen LogP contribution in [0.5, 0.6) is 0 Å². The van der Waals surface area contributed by atoms with Crippen LogP contribution in [-0.4, -0.2) is 32.2 Å². The summed E-state index contributed by atoms with van der Waals surface area (Å²) in [4.78, 5) is 25.8. The summed E-state index contributed by atoms with van der Waals surface area (Å²) in [5.74, 6) is -0.258. The third-order valence-corrected chi connectivity index (χ3v) is 5.87. The molecule has 1 aromatic carbocycles. The summed E-state index contributed by atoms with van der Waals surface area (Å²) >= 11 is 9.73. The van der Waals surface area contributed by atoms with Gasteiger partial charge in [-0.15, -0.1) is 0 Å². The quantitative estimate of drug-likeness (QED) is 0.468. The number of hydrogen-bond acceptors (Lipinski definition) is 5. The molecule has 2 heterocycles. The van der Waals surface area contributed by atoms with Gasteiger partial charge in [-0.2, -0.15) is 0 Å². The number of carbonyl (C=O) groups excluding carboxylic acids is 1. The Kier molecular flexibility index (Phi) is 6.18. The predicted octanol–water partition coefficient (Wildman–Crippen LogP) is 5.16. The second-order valence-corrected chi connectivity index (χ2v) is 8.49. The first kappa shape index (κ1) is 19.9. The smallest absolute Gasteiger partial charge is 0.326 e. The molecule has 1 atom stereocenters. The van der Waals surface area contributed by atoms with Crippen LogP contribution in [0.15, 0.2) is 50.2 Å². The van der Waals surface area contributed by atoms with Crippen molar-refractivity contribution in [1.29, 1.82) is 0 Å². The fourth-order valence-corrected chi connectivity index (χ4v) is 4.32. The van der Waals surface area contributed by atoms with Crippen molar-refractivity contribution in [2.24, 2.45) is 0 Å². The molecule has 0 radical (unpaired) electrons. The summed E-state index contributed by atoms with van der Waals surface area (Å²) in [5.41, 5.74) is 0.916. The molecule has 0 aliphatic carbocycles.